The molecule has 0 radical (unpaired) electrons. The molecule has 1 saturated heterocycles. The molecule has 0 bridgehead atoms. The van der Waals surface area contributed by atoms with E-state index < -0.39 is 17.3 Å². The number of carbonyl (C=O) groups excluding carboxylic acids is 4. The van der Waals surface area contributed by atoms with Crippen molar-refractivity contribution in [3.8, 4) is 0 Å². The first-order valence-electron chi connectivity index (χ1n) is 10.3. The number of nitrogens with zero attached hydrogens (tertiary/aromatic N) is 1. The van der Waals surface area contributed by atoms with E-state index in [0.29, 0.717) is 12.8 Å². The van der Waals surface area contributed by atoms with Crippen molar-refractivity contribution in [1.82, 2.24) is 10.2 Å². The van der Waals surface area contributed by atoms with Gasteiger partial charge in [-0.05, 0) is 45.1 Å². The molecule has 0 aliphatic carbocycles. The number of thioether (sulfide) groups is 1. The van der Waals surface area contributed by atoms with Crippen LogP contribution < -0.4 is 5.32 Å². The Labute approximate surface area is 181 Å². The maximum atomic E-state index is 13.1. The van der Waals surface area contributed by atoms with E-state index in [4.69, 9.17) is 4.74 Å². The lowest BCUT2D eigenvalue weighted by atomic mass is 10.1. The second-order valence-corrected chi connectivity index (χ2v) is 8.78. The Bertz CT molecular complexity index is 755. The molecular weight excluding hydrogens is 404 g/mol. The molecule has 0 unspecified atom stereocenters. The average molecular weight is 435 g/mol. The second kappa shape index (κ2) is 11.7. The summed E-state index contributed by atoms with van der Waals surface area (Å²) in [6, 6.07) is 8.62. The summed E-state index contributed by atoms with van der Waals surface area (Å²) >= 11 is 0.966. The van der Waals surface area contributed by atoms with Crippen LogP contribution in [0.3, 0.4) is 0 Å². The Kier molecular flexibility index (Phi) is 9.36. The topological polar surface area (TPSA) is 92.8 Å². The van der Waals surface area contributed by atoms with E-state index in [-0.39, 0.29) is 36.1 Å². The molecule has 3 atom stereocenters. The Morgan fingerprint density at radius 1 is 1.23 bits per heavy atom. The number of likely N-dealkylation sites (tertiary alicyclic amines) is 1. The monoisotopic (exact) mass is 434 g/mol. The minimum absolute atomic E-state index is 0.115. The van der Waals surface area contributed by atoms with Gasteiger partial charge in [0, 0.05) is 13.0 Å². The number of rotatable bonds is 8. The highest BCUT2D eigenvalue weighted by Gasteiger charge is 2.34. The van der Waals surface area contributed by atoms with Crippen LogP contribution in [0.4, 0.5) is 0 Å². The number of hydrogen-bond donors (Lipinski definition) is 1. The largest absolute Gasteiger partial charge is 0.465 e. The van der Waals surface area contributed by atoms with Crippen LogP contribution in [0, 0.1) is 0 Å². The third-order valence-electron chi connectivity index (χ3n) is 5.01. The maximum Gasteiger partial charge on any atom is 0.325 e. The average Bonchev–Trinajstić information content (AvgIpc) is 2.82. The summed E-state index contributed by atoms with van der Waals surface area (Å²) in [4.78, 5) is 51.2. The summed E-state index contributed by atoms with van der Waals surface area (Å²) in [6.45, 7) is 5.16. The van der Waals surface area contributed by atoms with Gasteiger partial charge in [0.25, 0.3) is 0 Å². The molecule has 2 amide bonds. The zero-order valence-corrected chi connectivity index (χ0v) is 18.6. The van der Waals surface area contributed by atoms with Crippen molar-refractivity contribution in [2.75, 3.05) is 13.2 Å². The Morgan fingerprint density at radius 2 is 1.93 bits per heavy atom. The number of hydrogen-bond acceptors (Lipinski definition) is 6. The Hall–Kier alpha value is -2.35. The van der Waals surface area contributed by atoms with E-state index in [1.807, 2.05) is 37.3 Å². The van der Waals surface area contributed by atoms with Gasteiger partial charge in [-0.1, -0.05) is 42.1 Å². The van der Waals surface area contributed by atoms with Crippen molar-refractivity contribution < 1.29 is 23.9 Å². The normalized spacial score (nSPS) is 20.2. The number of amides is 2. The molecule has 164 valence electrons. The minimum Gasteiger partial charge on any atom is -0.465 e. The van der Waals surface area contributed by atoms with Crippen molar-refractivity contribution in [2.24, 2.45) is 0 Å². The Balaban J connectivity index is 2.11. The highest BCUT2D eigenvalue weighted by molar-refractivity contribution is 8.14. The lowest BCUT2D eigenvalue weighted by molar-refractivity contribution is -0.150. The molecule has 8 heteroatoms. The van der Waals surface area contributed by atoms with Crippen LogP contribution in [0.2, 0.25) is 0 Å². The molecule has 2 rings (SSSR count). The summed E-state index contributed by atoms with van der Waals surface area (Å²) in [5.41, 5.74) is 0.941. The van der Waals surface area contributed by atoms with Gasteiger partial charge in [-0.3, -0.25) is 19.2 Å². The quantitative estimate of drug-likeness (QED) is 0.632. The third-order valence-corrected chi connectivity index (χ3v) is 6.01. The van der Waals surface area contributed by atoms with Crippen LogP contribution in [-0.2, 0) is 30.3 Å². The molecule has 0 aromatic heterocycles. The number of carbonyl (C=O) groups is 4. The van der Waals surface area contributed by atoms with Crippen molar-refractivity contribution >= 4 is 34.7 Å². The Morgan fingerprint density at radius 3 is 2.57 bits per heavy atom. The highest BCUT2D eigenvalue weighted by atomic mass is 32.2. The molecule has 1 N–H and O–H groups in total. The van der Waals surface area contributed by atoms with Crippen molar-refractivity contribution in [3.05, 3.63) is 35.9 Å². The smallest absolute Gasteiger partial charge is 0.325 e. The molecule has 7 nitrogen and oxygen atoms in total. The first kappa shape index (κ1) is 23.9. The molecule has 1 aliphatic rings. The van der Waals surface area contributed by atoms with Crippen LogP contribution in [0.1, 0.15) is 45.6 Å². The van der Waals surface area contributed by atoms with E-state index in [1.54, 1.807) is 6.92 Å². The molecule has 1 heterocycles. The molecule has 1 aromatic carbocycles. The van der Waals surface area contributed by atoms with Gasteiger partial charge in [-0.25, -0.2) is 0 Å². The van der Waals surface area contributed by atoms with Crippen molar-refractivity contribution in [3.63, 3.8) is 0 Å². The summed E-state index contributed by atoms with van der Waals surface area (Å²) in [5, 5.41) is 2.05. The highest BCUT2D eigenvalue weighted by Crippen LogP contribution is 2.21. The van der Waals surface area contributed by atoms with Gasteiger partial charge >= 0.3 is 5.97 Å². The van der Waals surface area contributed by atoms with Crippen molar-refractivity contribution in [2.45, 2.75) is 63.8 Å². The van der Waals surface area contributed by atoms with E-state index in [1.165, 1.54) is 11.8 Å². The van der Waals surface area contributed by atoms with Gasteiger partial charge in [0.1, 0.15) is 12.6 Å². The molecule has 0 spiro atoms. The summed E-state index contributed by atoms with van der Waals surface area (Å²) in [7, 11) is 0. The van der Waals surface area contributed by atoms with E-state index in [9.17, 15) is 19.2 Å². The zero-order valence-electron chi connectivity index (χ0n) is 17.8. The fourth-order valence-corrected chi connectivity index (χ4v) is 4.36. The van der Waals surface area contributed by atoms with Gasteiger partial charge < -0.3 is 15.0 Å². The van der Waals surface area contributed by atoms with Gasteiger partial charge in [-0.15, -0.1) is 0 Å². The fourth-order valence-electron chi connectivity index (χ4n) is 3.51. The van der Waals surface area contributed by atoms with Crippen LogP contribution >= 0.6 is 11.8 Å². The van der Waals surface area contributed by atoms with Gasteiger partial charge in [-0.2, -0.15) is 0 Å². The number of esters is 1. The predicted molar refractivity (Wildman–Crippen MR) is 116 cm³/mol. The van der Waals surface area contributed by atoms with Gasteiger partial charge in [0.05, 0.1) is 11.9 Å². The molecule has 30 heavy (non-hydrogen) atoms. The molecule has 1 fully saturated rings. The van der Waals surface area contributed by atoms with Crippen LogP contribution in [0.25, 0.3) is 0 Å². The predicted octanol–water partition coefficient (Wildman–Crippen LogP) is 2.33. The number of benzene rings is 1. The molecule has 1 aromatic rings. The summed E-state index contributed by atoms with van der Waals surface area (Å²) < 4.78 is 4.99. The van der Waals surface area contributed by atoms with Crippen LogP contribution in [-0.4, -0.2) is 58.3 Å². The molecule has 1 aliphatic heterocycles. The van der Waals surface area contributed by atoms with Gasteiger partial charge in [0.15, 0.2) is 5.12 Å². The lowest BCUT2D eigenvalue weighted by Gasteiger charge is -2.29. The van der Waals surface area contributed by atoms with Gasteiger partial charge in [0.2, 0.25) is 11.8 Å². The van der Waals surface area contributed by atoms with Crippen LogP contribution in [0.15, 0.2) is 30.3 Å². The third kappa shape index (κ3) is 7.16. The number of ether oxygens (including phenoxy) is 1. The SMILES string of the molecule is CCOC(=O)CN1C(=O)[C@@H](NC(=O)[C@H](Cc2ccccc2)SC(C)=O)CCC[C@@H]1C. The first-order chi connectivity index (χ1) is 14.3. The van der Waals surface area contributed by atoms with E-state index >= 15 is 0 Å². The van der Waals surface area contributed by atoms with Crippen molar-refractivity contribution in [1.29, 1.82) is 0 Å². The number of nitrogens with one attached hydrogen (secondary N) is 1. The van der Waals surface area contributed by atoms with E-state index in [0.717, 1.165) is 30.2 Å². The summed E-state index contributed by atoms with van der Waals surface area (Å²) in [5.74, 6) is -1.09. The van der Waals surface area contributed by atoms with Crippen LogP contribution in [0.5, 0.6) is 0 Å². The second-order valence-electron chi connectivity index (χ2n) is 7.40. The summed E-state index contributed by atoms with van der Waals surface area (Å²) in [6.07, 6.45) is 2.38. The standard InChI is InChI=1S/C22H30N2O5S/c1-4-29-20(26)14-24-15(2)9-8-12-18(22(24)28)23-21(27)19(30-16(3)25)13-17-10-6-5-7-11-17/h5-7,10-11,15,18-19H,4,8-9,12-14H2,1-3H3,(H,23,27)/t15-,18-,19-/m0/s1. The molecular formula is C22H30N2O5S. The zero-order chi connectivity index (χ0) is 22.1. The lowest BCUT2D eigenvalue weighted by Crippen LogP contribution is -2.52. The minimum atomic E-state index is -0.720. The fraction of sp³-hybridized carbons (Fsp3) is 0.545. The maximum absolute atomic E-state index is 13.1. The van der Waals surface area contributed by atoms with E-state index in [2.05, 4.69) is 5.32 Å². The molecule has 0 saturated carbocycles. The first-order valence-corrected chi connectivity index (χ1v) is 11.2.